The van der Waals surface area contributed by atoms with Gasteiger partial charge in [0.1, 0.15) is 5.75 Å². The first kappa shape index (κ1) is 17.6. The van der Waals surface area contributed by atoms with Crippen LogP contribution in [0, 0.1) is 6.92 Å². The van der Waals surface area contributed by atoms with Crippen LogP contribution in [0.3, 0.4) is 0 Å². The third-order valence-corrected chi connectivity index (χ3v) is 7.68. The quantitative estimate of drug-likeness (QED) is 0.811. The summed E-state index contributed by atoms with van der Waals surface area (Å²) in [4.78, 5) is 2.73. The van der Waals surface area contributed by atoms with E-state index >= 15 is 0 Å². The van der Waals surface area contributed by atoms with Crippen molar-refractivity contribution in [2.75, 3.05) is 26.2 Å². The van der Waals surface area contributed by atoms with Gasteiger partial charge in [0.05, 0.1) is 16.8 Å². The molecule has 4 nitrogen and oxygen atoms in total. The van der Waals surface area contributed by atoms with Crippen LogP contribution in [0.15, 0.2) is 47.4 Å². The lowest BCUT2D eigenvalue weighted by Gasteiger charge is -2.16. The second-order valence-corrected chi connectivity index (χ2v) is 9.59. The van der Waals surface area contributed by atoms with Gasteiger partial charge in [0.2, 0.25) is 0 Å². The van der Waals surface area contributed by atoms with Gasteiger partial charge in [-0.2, -0.15) is 0 Å². The van der Waals surface area contributed by atoms with E-state index in [9.17, 15) is 8.42 Å². The highest BCUT2D eigenvalue weighted by Crippen LogP contribution is 2.27. The number of rotatable bonds is 5. The third kappa shape index (κ3) is 3.51. The van der Waals surface area contributed by atoms with Crippen LogP contribution in [-0.2, 0) is 22.7 Å². The largest absolute Gasteiger partial charge is 0.493 e. The zero-order chi connectivity index (χ0) is 18.1. The lowest BCUT2D eigenvalue weighted by Crippen LogP contribution is -2.28. The number of aryl methyl sites for hydroxylation is 1. The number of hydrogen-bond acceptors (Lipinski definition) is 4. The van der Waals surface area contributed by atoms with Gasteiger partial charge in [0.15, 0.2) is 9.84 Å². The summed E-state index contributed by atoms with van der Waals surface area (Å²) in [5.41, 5.74) is 3.68. The molecule has 0 amide bonds. The summed E-state index contributed by atoms with van der Waals surface area (Å²) in [6.45, 7) is 5.13. The fraction of sp³-hybridized carbons (Fsp3) is 0.429. The number of ether oxygens (including phenoxy) is 1. The Balaban J connectivity index is 1.37. The van der Waals surface area contributed by atoms with Crippen molar-refractivity contribution in [1.82, 2.24) is 4.90 Å². The van der Waals surface area contributed by atoms with Crippen LogP contribution < -0.4 is 4.74 Å². The van der Waals surface area contributed by atoms with Gasteiger partial charge in [0, 0.05) is 19.5 Å². The van der Waals surface area contributed by atoms with Crippen LogP contribution in [0.25, 0.3) is 0 Å². The summed E-state index contributed by atoms with van der Waals surface area (Å²) in [7, 11) is -3.24. The molecule has 0 radical (unpaired) electrons. The molecule has 0 aliphatic carbocycles. The van der Waals surface area contributed by atoms with Crippen molar-refractivity contribution in [2.45, 2.75) is 36.3 Å². The molecule has 0 bridgehead atoms. The van der Waals surface area contributed by atoms with Gasteiger partial charge in [0.25, 0.3) is 0 Å². The molecule has 0 spiro atoms. The normalized spacial score (nSPS) is 20.1. The Morgan fingerprint density at radius 3 is 2.77 bits per heavy atom. The number of sulfone groups is 1. The van der Waals surface area contributed by atoms with Crippen molar-refractivity contribution < 1.29 is 13.2 Å². The second kappa shape index (κ2) is 7.05. The van der Waals surface area contributed by atoms with E-state index < -0.39 is 9.84 Å². The summed E-state index contributed by atoms with van der Waals surface area (Å²) in [6.07, 6.45) is 2.66. The molecular formula is C21H25NO3S. The average molecular weight is 372 g/mol. The minimum absolute atomic E-state index is 0.293. The number of benzene rings is 2. The SMILES string of the molecule is Cc1ccc(S(=O)(=O)[C@H]2CCN(CCc3ccc4c(c3)CCO4)C2)cc1. The van der Waals surface area contributed by atoms with Crippen LogP contribution in [-0.4, -0.2) is 44.8 Å². The van der Waals surface area contributed by atoms with E-state index in [2.05, 4.69) is 23.1 Å². The monoisotopic (exact) mass is 371 g/mol. The Morgan fingerprint density at radius 2 is 1.96 bits per heavy atom. The molecule has 2 aromatic rings. The van der Waals surface area contributed by atoms with Gasteiger partial charge >= 0.3 is 0 Å². The van der Waals surface area contributed by atoms with E-state index in [-0.39, 0.29) is 5.25 Å². The van der Waals surface area contributed by atoms with E-state index in [4.69, 9.17) is 4.74 Å². The summed E-state index contributed by atoms with van der Waals surface area (Å²) >= 11 is 0. The minimum Gasteiger partial charge on any atom is -0.493 e. The van der Waals surface area contributed by atoms with Crippen molar-refractivity contribution in [3.8, 4) is 5.75 Å². The van der Waals surface area contributed by atoms with Gasteiger partial charge in [-0.1, -0.05) is 29.8 Å². The average Bonchev–Trinajstić information content (AvgIpc) is 3.29. The maximum atomic E-state index is 12.9. The number of fused-ring (bicyclic) bond motifs is 1. The van der Waals surface area contributed by atoms with Crippen molar-refractivity contribution >= 4 is 9.84 Å². The summed E-state index contributed by atoms with van der Waals surface area (Å²) in [5, 5.41) is -0.293. The fourth-order valence-corrected chi connectivity index (χ4v) is 5.58. The van der Waals surface area contributed by atoms with Crippen LogP contribution in [0.4, 0.5) is 0 Å². The Hall–Kier alpha value is -1.85. The standard InChI is InChI=1S/C21H25NO3S/c1-16-2-5-19(6-3-16)26(23,24)20-9-12-22(15-20)11-8-17-4-7-21-18(14-17)10-13-25-21/h2-7,14,20H,8-13,15H2,1H3/t20-/m0/s1. The summed E-state index contributed by atoms with van der Waals surface area (Å²) in [5.74, 6) is 1.01. The predicted molar refractivity (Wildman–Crippen MR) is 103 cm³/mol. The molecule has 0 saturated carbocycles. The van der Waals surface area contributed by atoms with Crippen LogP contribution >= 0.6 is 0 Å². The van der Waals surface area contributed by atoms with Gasteiger partial charge in [-0.3, -0.25) is 0 Å². The molecule has 2 aliphatic rings. The van der Waals surface area contributed by atoms with E-state index in [1.54, 1.807) is 12.1 Å². The van der Waals surface area contributed by atoms with E-state index in [1.165, 1.54) is 11.1 Å². The van der Waals surface area contributed by atoms with Crippen molar-refractivity contribution in [1.29, 1.82) is 0 Å². The molecule has 1 atom stereocenters. The fourth-order valence-electron chi connectivity index (χ4n) is 3.86. The molecule has 5 heteroatoms. The van der Waals surface area contributed by atoms with Crippen LogP contribution in [0.5, 0.6) is 5.75 Å². The Labute approximate surface area is 155 Å². The molecule has 2 aliphatic heterocycles. The molecule has 1 saturated heterocycles. The Morgan fingerprint density at radius 1 is 1.15 bits per heavy atom. The maximum absolute atomic E-state index is 12.9. The van der Waals surface area contributed by atoms with Crippen LogP contribution in [0.2, 0.25) is 0 Å². The van der Waals surface area contributed by atoms with Crippen molar-refractivity contribution in [3.63, 3.8) is 0 Å². The van der Waals surface area contributed by atoms with Gasteiger partial charge in [-0.15, -0.1) is 0 Å². The molecule has 0 aromatic heterocycles. The first-order chi connectivity index (χ1) is 12.5. The Kier molecular flexibility index (Phi) is 4.76. The molecule has 4 rings (SSSR count). The molecule has 26 heavy (non-hydrogen) atoms. The molecule has 0 N–H and O–H groups in total. The summed E-state index contributed by atoms with van der Waals surface area (Å²) in [6, 6.07) is 13.6. The van der Waals surface area contributed by atoms with E-state index in [0.29, 0.717) is 17.9 Å². The van der Waals surface area contributed by atoms with E-state index in [1.807, 2.05) is 19.1 Å². The second-order valence-electron chi connectivity index (χ2n) is 7.36. The first-order valence-electron chi connectivity index (χ1n) is 9.30. The Bertz CT molecular complexity index is 890. The lowest BCUT2D eigenvalue weighted by atomic mass is 10.1. The molecule has 0 unspecified atom stereocenters. The third-order valence-electron chi connectivity index (χ3n) is 5.49. The smallest absolute Gasteiger partial charge is 0.182 e. The number of likely N-dealkylation sites (tertiary alicyclic amines) is 1. The minimum atomic E-state index is -3.24. The molecular weight excluding hydrogens is 346 g/mol. The first-order valence-corrected chi connectivity index (χ1v) is 10.8. The highest BCUT2D eigenvalue weighted by atomic mass is 32.2. The predicted octanol–water partition coefficient (Wildman–Crippen LogP) is 3.02. The zero-order valence-corrected chi connectivity index (χ0v) is 16.0. The number of nitrogens with zero attached hydrogens (tertiary/aromatic N) is 1. The van der Waals surface area contributed by atoms with Crippen LogP contribution in [0.1, 0.15) is 23.1 Å². The molecule has 138 valence electrons. The van der Waals surface area contributed by atoms with Gasteiger partial charge < -0.3 is 9.64 Å². The summed E-state index contributed by atoms with van der Waals surface area (Å²) < 4.78 is 31.3. The molecule has 2 aromatic carbocycles. The van der Waals surface area contributed by atoms with Crippen molar-refractivity contribution in [2.24, 2.45) is 0 Å². The van der Waals surface area contributed by atoms with Gasteiger partial charge in [-0.25, -0.2) is 8.42 Å². The molecule has 1 fully saturated rings. The van der Waals surface area contributed by atoms with E-state index in [0.717, 1.165) is 43.9 Å². The maximum Gasteiger partial charge on any atom is 0.182 e. The van der Waals surface area contributed by atoms with Gasteiger partial charge in [-0.05, 0) is 55.6 Å². The highest BCUT2D eigenvalue weighted by Gasteiger charge is 2.33. The zero-order valence-electron chi connectivity index (χ0n) is 15.1. The van der Waals surface area contributed by atoms with Crippen molar-refractivity contribution in [3.05, 3.63) is 59.2 Å². The molecule has 2 heterocycles. The number of hydrogen-bond donors (Lipinski definition) is 0. The highest BCUT2D eigenvalue weighted by molar-refractivity contribution is 7.92. The topological polar surface area (TPSA) is 46.6 Å². The lowest BCUT2D eigenvalue weighted by molar-refractivity contribution is 0.343.